The van der Waals surface area contributed by atoms with Crippen molar-refractivity contribution < 1.29 is 10.2 Å². The molecule has 0 radical (unpaired) electrons. The molecule has 1 heterocycles. The number of aliphatic hydroxyl groups is 2. The number of aliphatic hydroxyl groups excluding tert-OH is 2. The van der Waals surface area contributed by atoms with E-state index in [9.17, 15) is 5.11 Å². The van der Waals surface area contributed by atoms with Crippen LogP contribution < -0.4 is 0 Å². The second kappa shape index (κ2) is 4.53. The first kappa shape index (κ1) is 10.3. The molecule has 2 N–H and O–H groups in total. The Hall–Kier alpha value is -1.23. The second-order valence-corrected chi connectivity index (χ2v) is 4.28. The lowest BCUT2D eigenvalue weighted by molar-refractivity contribution is 0.220. The smallest absolute Gasteiger partial charge is 0.131 e. The number of rotatable bonds is 3. The SMILES string of the molecule is OCc1cnc(C(O)c2ccccc2)s1. The van der Waals surface area contributed by atoms with Crippen LogP contribution in [0.5, 0.6) is 0 Å². The van der Waals surface area contributed by atoms with Gasteiger partial charge in [0.15, 0.2) is 0 Å². The van der Waals surface area contributed by atoms with E-state index < -0.39 is 6.10 Å². The summed E-state index contributed by atoms with van der Waals surface area (Å²) in [6.07, 6.45) is 0.892. The summed E-state index contributed by atoms with van der Waals surface area (Å²) in [6.45, 7) is -0.0286. The Bertz CT molecular complexity index is 427. The fraction of sp³-hybridized carbons (Fsp3) is 0.182. The van der Waals surface area contributed by atoms with Crippen molar-refractivity contribution in [2.45, 2.75) is 12.7 Å². The lowest BCUT2D eigenvalue weighted by Gasteiger charge is -2.06. The molecular weight excluding hydrogens is 210 g/mol. The van der Waals surface area contributed by atoms with Gasteiger partial charge in [-0.2, -0.15) is 0 Å². The standard InChI is InChI=1S/C11H11NO2S/c13-7-9-6-12-11(15-9)10(14)8-4-2-1-3-5-8/h1-6,10,13-14H,7H2. The quantitative estimate of drug-likeness (QED) is 0.829. The van der Waals surface area contributed by atoms with E-state index in [1.165, 1.54) is 11.3 Å². The van der Waals surface area contributed by atoms with Gasteiger partial charge < -0.3 is 10.2 Å². The third-order valence-corrected chi connectivity index (χ3v) is 3.11. The number of aromatic nitrogens is 1. The Kier molecular flexibility index (Phi) is 3.11. The Morgan fingerprint density at radius 1 is 1.27 bits per heavy atom. The van der Waals surface area contributed by atoms with Crippen molar-refractivity contribution in [1.82, 2.24) is 4.98 Å². The Balaban J connectivity index is 2.24. The van der Waals surface area contributed by atoms with Crippen LogP contribution in [-0.2, 0) is 6.61 Å². The van der Waals surface area contributed by atoms with E-state index in [0.717, 1.165) is 10.4 Å². The number of hydrogen-bond acceptors (Lipinski definition) is 4. The Morgan fingerprint density at radius 2 is 2.00 bits per heavy atom. The molecule has 0 amide bonds. The molecule has 1 unspecified atom stereocenters. The maximum absolute atomic E-state index is 9.97. The fourth-order valence-electron chi connectivity index (χ4n) is 1.30. The van der Waals surface area contributed by atoms with Gasteiger partial charge in [0.2, 0.25) is 0 Å². The van der Waals surface area contributed by atoms with Crippen molar-refractivity contribution in [2.24, 2.45) is 0 Å². The summed E-state index contributed by atoms with van der Waals surface area (Å²) >= 11 is 1.32. The molecule has 0 aliphatic carbocycles. The zero-order valence-electron chi connectivity index (χ0n) is 8.00. The van der Waals surface area contributed by atoms with Gasteiger partial charge in [0.1, 0.15) is 11.1 Å². The predicted octanol–water partition coefficient (Wildman–Crippen LogP) is 1.72. The highest BCUT2D eigenvalue weighted by Gasteiger charge is 2.13. The van der Waals surface area contributed by atoms with Gasteiger partial charge in [-0.1, -0.05) is 30.3 Å². The van der Waals surface area contributed by atoms with Crippen LogP contribution >= 0.6 is 11.3 Å². The first-order valence-corrected chi connectivity index (χ1v) is 5.41. The molecule has 0 bridgehead atoms. The lowest BCUT2D eigenvalue weighted by atomic mass is 10.1. The Morgan fingerprint density at radius 3 is 2.60 bits per heavy atom. The molecule has 78 valence electrons. The molecule has 1 atom stereocenters. The molecule has 3 nitrogen and oxygen atoms in total. The monoisotopic (exact) mass is 221 g/mol. The summed E-state index contributed by atoms with van der Waals surface area (Å²) in [6, 6.07) is 9.35. The van der Waals surface area contributed by atoms with Crippen LogP contribution in [0.2, 0.25) is 0 Å². The van der Waals surface area contributed by atoms with Crippen LogP contribution in [0.15, 0.2) is 36.5 Å². The highest BCUT2D eigenvalue weighted by molar-refractivity contribution is 7.11. The van der Waals surface area contributed by atoms with Crippen LogP contribution in [0.1, 0.15) is 21.6 Å². The van der Waals surface area contributed by atoms with Crippen molar-refractivity contribution in [2.75, 3.05) is 0 Å². The molecule has 0 aliphatic heterocycles. The normalized spacial score (nSPS) is 12.7. The van der Waals surface area contributed by atoms with Gasteiger partial charge in [0.05, 0.1) is 11.5 Å². The molecule has 0 saturated carbocycles. The minimum absolute atomic E-state index is 0.0286. The van der Waals surface area contributed by atoms with Gasteiger partial charge in [-0.25, -0.2) is 4.98 Å². The lowest BCUT2D eigenvalue weighted by Crippen LogP contribution is -1.97. The van der Waals surface area contributed by atoms with Crippen molar-refractivity contribution in [3.05, 3.63) is 52.0 Å². The molecule has 2 rings (SSSR count). The van der Waals surface area contributed by atoms with Crippen molar-refractivity contribution in [1.29, 1.82) is 0 Å². The van der Waals surface area contributed by atoms with E-state index in [0.29, 0.717) is 5.01 Å². The highest BCUT2D eigenvalue weighted by atomic mass is 32.1. The van der Waals surface area contributed by atoms with Gasteiger partial charge in [-0.3, -0.25) is 0 Å². The summed E-state index contributed by atoms with van der Waals surface area (Å²) in [4.78, 5) is 4.84. The summed E-state index contributed by atoms with van der Waals surface area (Å²) in [5.74, 6) is 0. The van der Waals surface area contributed by atoms with Gasteiger partial charge in [0.25, 0.3) is 0 Å². The molecule has 0 fully saturated rings. The van der Waals surface area contributed by atoms with Crippen molar-refractivity contribution in [3.8, 4) is 0 Å². The van der Waals surface area contributed by atoms with Crippen LogP contribution in [-0.4, -0.2) is 15.2 Å². The summed E-state index contributed by atoms with van der Waals surface area (Å²) in [5.41, 5.74) is 0.816. The predicted molar refractivity (Wildman–Crippen MR) is 58.5 cm³/mol. The molecule has 1 aromatic carbocycles. The molecule has 4 heteroatoms. The largest absolute Gasteiger partial charge is 0.391 e. The summed E-state index contributed by atoms with van der Waals surface area (Å²) < 4.78 is 0. The summed E-state index contributed by atoms with van der Waals surface area (Å²) in [5, 5.41) is 19.5. The van der Waals surface area contributed by atoms with Gasteiger partial charge >= 0.3 is 0 Å². The first-order valence-electron chi connectivity index (χ1n) is 4.59. The van der Waals surface area contributed by atoms with Gasteiger partial charge in [0, 0.05) is 6.20 Å². The molecule has 0 spiro atoms. The van der Waals surface area contributed by atoms with E-state index in [-0.39, 0.29) is 6.61 Å². The van der Waals surface area contributed by atoms with E-state index in [1.807, 2.05) is 30.3 Å². The number of nitrogens with zero attached hydrogens (tertiary/aromatic N) is 1. The first-order chi connectivity index (χ1) is 7.31. The fourth-order valence-corrected chi connectivity index (χ4v) is 2.09. The van der Waals surface area contributed by atoms with Crippen molar-refractivity contribution in [3.63, 3.8) is 0 Å². The number of hydrogen-bond donors (Lipinski definition) is 2. The Labute approximate surface area is 91.7 Å². The molecular formula is C11H11NO2S. The van der Waals surface area contributed by atoms with Gasteiger partial charge in [-0.15, -0.1) is 11.3 Å². The zero-order chi connectivity index (χ0) is 10.7. The number of benzene rings is 1. The summed E-state index contributed by atoms with van der Waals surface area (Å²) in [7, 11) is 0. The van der Waals surface area contributed by atoms with Crippen molar-refractivity contribution >= 4 is 11.3 Å². The average Bonchev–Trinajstić information content (AvgIpc) is 2.78. The maximum Gasteiger partial charge on any atom is 0.131 e. The molecule has 1 aromatic heterocycles. The topological polar surface area (TPSA) is 53.4 Å². The third kappa shape index (κ3) is 2.23. The molecule has 0 saturated heterocycles. The molecule has 15 heavy (non-hydrogen) atoms. The average molecular weight is 221 g/mol. The highest BCUT2D eigenvalue weighted by Crippen LogP contribution is 2.25. The van der Waals surface area contributed by atoms with E-state index in [1.54, 1.807) is 6.20 Å². The van der Waals surface area contributed by atoms with Crippen LogP contribution in [0.25, 0.3) is 0 Å². The third-order valence-electron chi connectivity index (χ3n) is 2.08. The van der Waals surface area contributed by atoms with Crippen LogP contribution in [0.3, 0.4) is 0 Å². The number of thiazole rings is 1. The van der Waals surface area contributed by atoms with E-state index in [2.05, 4.69) is 4.98 Å². The maximum atomic E-state index is 9.97. The van der Waals surface area contributed by atoms with Crippen LogP contribution in [0, 0.1) is 0 Å². The minimum Gasteiger partial charge on any atom is -0.391 e. The molecule has 0 aliphatic rings. The molecule has 2 aromatic rings. The van der Waals surface area contributed by atoms with Gasteiger partial charge in [-0.05, 0) is 5.56 Å². The minimum atomic E-state index is -0.698. The van der Waals surface area contributed by atoms with Crippen LogP contribution in [0.4, 0.5) is 0 Å². The second-order valence-electron chi connectivity index (χ2n) is 3.14. The van der Waals surface area contributed by atoms with E-state index in [4.69, 9.17) is 5.11 Å². The van der Waals surface area contributed by atoms with E-state index >= 15 is 0 Å². The zero-order valence-corrected chi connectivity index (χ0v) is 8.81.